The van der Waals surface area contributed by atoms with Crippen molar-refractivity contribution in [3.05, 3.63) is 42.5 Å². The summed E-state index contributed by atoms with van der Waals surface area (Å²) in [5, 5.41) is 4.78. The number of hydrogen-bond acceptors (Lipinski definition) is 2. The lowest BCUT2D eigenvalue weighted by Gasteiger charge is -2.23. The minimum absolute atomic E-state index is 0.593. The van der Waals surface area contributed by atoms with Gasteiger partial charge in [0.1, 0.15) is 20.7 Å². The first-order chi connectivity index (χ1) is 8.79. The molecule has 1 heterocycles. The van der Waals surface area contributed by atoms with Crippen LogP contribution in [0.2, 0.25) is 13.1 Å². The minimum atomic E-state index is -4.30. The van der Waals surface area contributed by atoms with Gasteiger partial charge in [0.2, 0.25) is 0 Å². The first-order valence-corrected chi connectivity index (χ1v) is 9.00. The SMILES string of the molecule is C[Si](C)(Cn1cncn1)c1cccc(C(F)(F)F)c1. The van der Waals surface area contributed by atoms with Gasteiger partial charge in [-0.15, -0.1) is 0 Å². The summed E-state index contributed by atoms with van der Waals surface area (Å²) in [7, 11) is -2.03. The highest BCUT2D eigenvalue weighted by Crippen LogP contribution is 2.28. The monoisotopic (exact) mass is 285 g/mol. The zero-order valence-electron chi connectivity index (χ0n) is 10.6. The Hall–Kier alpha value is -1.63. The standard InChI is InChI=1S/C12H14F3N3Si/c1-19(2,9-18-8-16-7-17-18)11-5-3-4-10(6-11)12(13,14)15/h3-8H,9H2,1-2H3. The molecule has 19 heavy (non-hydrogen) atoms. The van der Waals surface area contributed by atoms with Crippen LogP contribution in [-0.2, 0) is 12.3 Å². The molecular formula is C12H14F3N3Si. The second-order valence-corrected chi connectivity index (χ2v) is 9.72. The maximum Gasteiger partial charge on any atom is 0.416 e. The van der Waals surface area contributed by atoms with Crippen LogP contribution in [-0.4, -0.2) is 22.8 Å². The van der Waals surface area contributed by atoms with Crippen LogP contribution >= 0.6 is 0 Å². The number of halogens is 3. The van der Waals surface area contributed by atoms with E-state index < -0.39 is 19.8 Å². The van der Waals surface area contributed by atoms with Gasteiger partial charge >= 0.3 is 6.18 Å². The van der Waals surface area contributed by atoms with Crippen molar-refractivity contribution in [3.63, 3.8) is 0 Å². The molecule has 0 aliphatic rings. The summed E-state index contributed by atoms with van der Waals surface area (Å²) in [5.41, 5.74) is -0.593. The van der Waals surface area contributed by atoms with Gasteiger partial charge in [0, 0.05) is 6.17 Å². The average Bonchev–Trinajstić information content (AvgIpc) is 2.80. The lowest BCUT2D eigenvalue weighted by Crippen LogP contribution is -2.46. The Kier molecular flexibility index (Phi) is 3.49. The van der Waals surface area contributed by atoms with E-state index in [9.17, 15) is 13.2 Å². The van der Waals surface area contributed by atoms with Gasteiger partial charge in [0.05, 0.1) is 5.56 Å². The number of benzene rings is 1. The summed E-state index contributed by atoms with van der Waals surface area (Å²) < 4.78 is 39.8. The molecule has 0 N–H and O–H groups in total. The molecule has 7 heteroatoms. The highest BCUT2D eigenvalue weighted by atomic mass is 28.3. The normalized spacial score (nSPS) is 12.7. The Morgan fingerprint density at radius 3 is 2.58 bits per heavy atom. The molecule has 2 rings (SSSR count). The van der Waals surface area contributed by atoms with Crippen molar-refractivity contribution >= 4 is 13.3 Å². The minimum Gasteiger partial charge on any atom is -0.256 e. The van der Waals surface area contributed by atoms with Crippen molar-refractivity contribution in [2.24, 2.45) is 0 Å². The predicted molar refractivity (Wildman–Crippen MR) is 68.6 cm³/mol. The van der Waals surface area contributed by atoms with Crippen LogP contribution in [0.3, 0.4) is 0 Å². The number of aromatic nitrogens is 3. The van der Waals surface area contributed by atoms with E-state index in [1.807, 2.05) is 13.1 Å². The van der Waals surface area contributed by atoms with Crippen LogP contribution in [0.1, 0.15) is 5.56 Å². The Morgan fingerprint density at radius 2 is 2.00 bits per heavy atom. The van der Waals surface area contributed by atoms with E-state index in [2.05, 4.69) is 10.1 Å². The molecule has 0 atom stereocenters. The van der Waals surface area contributed by atoms with Crippen LogP contribution in [0, 0.1) is 0 Å². The van der Waals surface area contributed by atoms with Crippen LogP contribution in [0.15, 0.2) is 36.9 Å². The fourth-order valence-corrected chi connectivity index (χ4v) is 4.18. The smallest absolute Gasteiger partial charge is 0.256 e. The van der Waals surface area contributed by atoms with E-state index in [-0.39, 0.29) is 0 Å². The summed E-state index contributed by atoms with van der Waals surface area (Å²) in [4.78, 5) is 3.85. The lowest BCUT2D eigenvalue weighted by atomic mass is 10.2. The number of rotatable bonds is 3. The Bertz CT molecular complexity index is 550. The third-order valence-corrected chi connectivity index (χ3v) is 5.98. The molecule has 0 aliphatic heterocycles. The van der Waals surface area contributed by atoms with Crippen molar-refractivity contribution < 1.29 is 13.2 Å². The van der Waals surface area contributed by atoms with E-state index in [0.29, 0.717) is 6.17 Å². The molecule has 3 nitrogen and oxygen atoms in total. The fourth-order valence-electron chi connectivity index (χ4n) is 1.93. The van der Waals surface area contributed by atoms with Crippen LogP contribution in [0.5, 0.6) is 0 Å². The molecule has 0 unspecified atom stereocenters. The molecule has 2 aromatic rings. The van der Waals surface area contributed by atoms with E-state index in [4.69, 9.17) is 0 Å². The molecule has 0 amide bonds. The van der Waals surface area contributed by atoms with Gasteiger partial charge in [-0.25, -0.2) is 4.98 Å². The first kappa shape index (κ1) is 13.8. The van der Waals surface area contributed by atoms with Gasteiger partial charge in [-0.1, -0.05) is 42.5 Å². The molecule has 0 saturated heterocycles. The largest absolute Gasteiger partial charge is 0.416 e. The Morgan fingerprint density at radius 1 is 1.26 bits per heavy atom. The molecule has 1 aromatic carbocycles. The third kappa shape index (κ3) is 3.22. The molecule has 1 aromatic heterocycles. The summed E-state index contributed by atoms with van der Waals surface area (Å²) in [5.74, 6) is 0. The molecule has 0 radical (unpaired) electrons. The molecule has 0 bridgehead atoms. The van der Waals surface area contributed by atoms with E-state index in [1.54, 1.807) is 17.1 Å². The van der Waals surface area contributed by atoms with Crippen LogP contribution in [0.25, 0.3) is 0 Å². The lowest BCUT2D eigenvalue weighted by molar-refractivity contribution is -0.137. The topological polar surface area (TPSA) is 30.7 Å². The van der Waals surface area contributed by atoms with E-state index >= 15 is 0 Å². The molecule has 102 valence electrons. The van der Waals surface area contributed by atoms with Crippen molar-refractivity contribution in [2.75, 3.05) is 0 Å². The highest BCUT2D eigenvalue weighted by molar-refractivity contribution is 6.88. The average molecular weight is 285 g/mol. The van der Waals surface area contributed by atoms with Crippen molar-refractivity contribution in [2.45, 2.75) is 25.4 Å². The van der Waals surface area contributed by atoms with Gasteiger partial charge < -0.3 is 0 Å². The third-order valence-electron chi connectivity index (χ3n) is 3.00. The molecule has 0 aliphatic carbocycles. The summed E-state index contributed by atoms with van der Waals surface area (Å²) in [6, 6.07) is 5.58. The predicted octanol–water partition coefficient (Wildman–Crippen LogP) is 2.45. The van der Waals surface area contributed by atoms with Gasteiger partial charge in [0.15, 0.2) is 0 Å². The highest BCUT2D eigenvalue weighted by Gasteiger charge is 2.33. The number of nitrogens with zero attached hydrogens (tertiary/aromatic N) is 3. The van der Waals surface area contributed by atoms with Crippen molar-refractivity contribution in [1.29, 1.82) is 0 Å². The van der Waals surface area contributed by atoms with Crippen LogP contribution in [0.4, 0.5) is 13.2 Å². The molecule has 0 saturated carbocycles. The maximum absolute atomic E-state index is 12.7. The zero-order valence-corrected chi connectivity index (χ0v) is 11.6. The second kappa shape index (κ2) is 4.80. The maximum atomic E-state index is 12.7. The Labute approximate surface area is 110 Å². The molecule has 0 spiro atoms. The van der Waals surface area contributed by atoms with Gasteiger partial charge in [-0.2, -0.15) is 18.3 Å². The number of hydrogen-bond donors (Lipinski definition) is 0. The van der Waals surface area contributed by atoms with E-state index in [1.165, 1.54) is 18.5 Å². The Balaban J connectivity index is 2.30. The van der Waals surface area contributed by atoms with Gasteiger partial charge in [-0.3, -0.25) is 4.68 Å². The van der Waals surface area contributed by atoms with Crippen molar-refractivity contribution in [3.8, 4) is 0 Å². The fraction of sp³-hybridized carbons (Fsp3) is 0.333. The van der Waals surface area contributed by atoms with E-state index in [0.717, 1.165) is 11.3 Å². The summed E-state index contributed by atoms with van der Waals surface area (Å²) in [6.45, 7) is 4.04. The quantitative estimate of drug-likeness (QED) is 0.811. The van der Waals surface area contributed by atoms with Gasteiger partial charge in [0.25, 0.3) is 0 Å². The van der Waals surface area contributed by atoms with Gasteiger partial charge in [-0.05, 0) is 0 Å². The number of alkyl halides is 3. The zero-order chi connectivity index (χ0) is 14.1. The van der Waals surface area contributed by atoms with Crippen molar-refractivity contribution in [1.82, 2.24) is 14.8 Å². The molecular weight excluding hydrogens is 271 g/mol. The summed E-state index contributed by atoms with van der Waals surface area (Å²) >= 11 is 0. The molecule has 0 fully saturated rings. The van der Waals surface area contributed by atoms with Crippen LogP contribution < -0.4 is 5.19 Å². The second-order valence-electron chi connectivity index (χ2n) is 5.06. The first-order valence-electron chi connectivity index (χ1n) is 5.79. The summed E-state index contributed by atoms with van der Waals surface area (Å²) in [6.07, 6.45) is -0.680.